The SMILES string of the molecule is COC1CC(C(=O)O)N(c2nc(Cl)cs2)C1. The highest BCUT2D eigenvalue weighted by molar-refractivity contribution is 7.14. The zero-order valence-corrected chi connectivity index (χ0v) is 10.2. The van der Waals surface area contributed by atoms with Gasteiger partial charge < -0.3 is 14.7 Å². The molecule has 1 N–H and O–H groups in total. The molecule has 2 unspecified atom stereocenters. The molecule has 0 saturated carbocycles. The van der Waals surface area contributed by atoms with Crippen molar-refractivity contribution < 1.29 is 14.6 Å². The molecule has 0 amide bonds. The third-order valence-electron chi connectivity index (χ3n) is 2.59. The molecule has 0 radical (unpaired) electrons. The second-order valence-electron chi connectivity index (χ2n) is 3.55. The highest BCUT2D eigenvalue weighted by atomic mass is 35.5. The second kappa shape index (κ2) is 4.57. The van der Waals surface area contributed by atoms with Crippen LogP contribution in [0.5, 0.6) is 0 Å². The molecule has 1 aliphatic heterocycles. The summed E-state index contributed by atoms with van der Waals surface area (Å²) >= 11 is 7.07. The van der Waals surface area contributed by atoms with Crippen molar-refractivity contribution in [1.29, 1.82) is 0 Å². The number of hydrogen-bond donors (Lipinski definition) is 1. The number of carboxylic acid groups (broad SMARTS) is 1. The van der Waals surface area contributed by atoms with Gasteiger partial charge in [0, 0.05) is 25.5 Å². The lowest BCUT2D eigenvalue weighted by molar-refractivity contribution is -0.138. The first-order chi connectivity index (χ1) is 7.61. The van der Waals surface area contributed by atoms with Gasteiger partial charge in [-0.3, -0.25) is 0 Å². The Labute approximate surface area is 102 Å². The molecule has 2 heterocycles. The standard InChI is InChI=1S/C9H11ClN2O3S/c1-15-5-2-6(8(13)14)12(3-5)9-11-7(10)4-16-9/h4-6H,2-3H2,1H3,(H,13,14). The van der Waals surface area contributed by atoms with Gasteiger partial charge in [0.25, 0.3) is 0 Å². The number of aromatic nitrogens is 1. The predicted molar refractivity (Wildman–Crippen MR) is 61.3 cm³/mol. The van der Waals surface area contributed by atoms with E-state index in [0.29, 0.717) is 23.3 Å². The molecule has 1 saturated heterocycles. The zero-order valence-electron chi connectivity index (χ0n) is 8.59. The molecule has 1 aromatic rings. The van der Waals surface area contributed by atoms with E-state index >= 15 is 0 Å². The van der Waals surface area contributed by atoms with Crippen LogP contribution in [0.2, 0.25) is 5.15 Å². The highest BCUT2D eigenvalue weighted by Gasteiger charge is 2.38. The van der Waals surface area contributed by atoms with Crippen LogP contribution in [-0.2, 0) is 9.53 Å². The Morgan fingerprint density at radius 3 is 3.06 bits per heavy atom. The molecule has 1 fully saturated rings. The molecule has 0 bridgehead atoms. The molecule has 88 valence electrons. The van der Waals surface area contributed by atoms with E-state index in [0.717, 1.165) is 0 Å². The number of carboxylic acids is 1. The van der Waals surface area contributed by atoms with E-state index in [4.69, 9.17) is 21.4 Å². The average molecular weight is 263 g/mol. The van der Waals surface area contributed by atoms with Gasteiger partial charge in [0.15, 0.2) is 5.13 Å². The van der Waals surface area contributed by atoms with Crippen LogP contribution < -0.4 is 4.90 Å². The summed E-state index contributed by atoms with van der Waals surface area (Å²) in [4.78, 5) is 16.9. The molecule has 2 atom stereocenters. The summed E-state index contributed by atoms with van der Waals surface area (Å²) in [6.45, 7) is 0.539. The van der Waals surface area contributed by atoms with Crippen molar-refractivity contribution in [2.75, 3.05) is 18.6 Å². The maximum Gasteiger partial charge on any atom is 0.326 e. The average Bonchev–Trinajstić information content (AvgIpc) is 2.82. The molecule has 0 aromatic carbocycles. The fourth-order valence-corrected chi connectivity index (χ4v) is 2.80. The van der Waals surface area contributed by atoms with Crippen molar-refractivity contribution in [2.24, 2.45) is 0 Å². The first kappa shape index (κ1) is 11.6. The minimum Gasteiger partial charge on any atom is -0.480 e. The summed E-state index contributed by atoms with van der Waals surface area (Å²) in [5.41, 5.74) is 0. The third kappa shape index (κ3) is 2.14. The molecule has 2 rings (SSSR count). The summed E-state index contributed by atoms with van der Waals surface area (Å²) < 4.78 is 5.19. The van der Waals surface area contributed by atoms with Crippen LogP contribution in [0.1, 0.15) is 6.42 Å². The van der Waals surface area contributed by atoms with Crippen molar-refractivity contribution in [2.45, 2.75) is 18.6 Å². The van der Waals surface area contributed by atoms with Crippen LogP contribution in [0.4, 0.5) is 5.13 Å². The van der Waals surface area contributed by atoms with Crippen molar-refractivity contribution in [1.82, 2.24) is 4.98 Å². The zero-order chi connectivity index (χ0) is 11.7. The fraction of sp³-hybridized carbons (Fsp3) is 0.556. The van der Waals surface area contributed by atoms with Crippen molar-refractivity contribution in [3.05, 3.63) is 10.5 Å². The molecule has 1 aliphatic rings. The van der Waals surface area contributed by atoms with E-state index in [-0.39, 0.29) is 6.10 Å². The number of rotatable bonds is 3. The molecule has 7 heteroatoms. The van der Waals surface area contributed by atoms with Crippen LogP contribution in [0.25, 0.3) is 0 Å². The molecule has 1 aromatic heterocycles. The number of halogens is 1. The number of methoxy groups -OCH3 is 1. The van der Waals surface area contributed by atoms with Gasteiger partial charge >= 0.3 is 5.97 Å². The smallest absolute Gasteiger partial charge is 0.326 e. The van der Waals surface area contributed by atoms with Gasteiger partial charge in [-0.25, -0.2) is 9.78 Å². The Morgan fingerprint density at radius 1 is 1.81 bits per heavy atom. The Balaban J connectivity index is 2.21. The molecule has 0 aliphatic carbocycles. The molecule has 0 spiro atoms. The number of nitrogens with zero attached hydrogens (tertiary/aromatic N) is 2. The summed E-state index contributed by atoms with van der Waals surface area (Å²) in [6, 6.07) is -0.577. The van der Waals surface area contributed by atoms with Gasteiger partial charge in [-0.15, -0.1) is 11.3 Å². The van der Waals surface area contributed by atoms with Crippen LogP contribution >= 0.6 is 22.9 Å². The lowest BCUT2D eigenvalue weighted by Gasteiger charge is -2.19. The Hall–Kier alpha value is -0.850. The van der Waals surface area contributed by atoms with Gasteiger partial charge in [-0.2, -0.15) is 0 Å². The van der Waals surface area contributed by atoms with Crippen LogP contribution in [0, 0.1) is 0 Å². The number of hydrogen-bond acceptors (Lipinski definition) is 5. The lowest BCUT2D eigenvalue weighted by Crippen LogP contribution is -2.35. The van der Waals surface area contributed by atoms with E-state index in [1.165, 1.54) is 11.3 Å². The maximum absolute atomic E-state index is 11.1. The summed E-state index contributed by atoms with van der Waals surface area (Å²) in [7, 11) is 1.59. The summed E-state index contributed by atoms with van der Waals surface area (Å²) in [6.07, 6.45) is 0.409. The van der Waals surface area contributed by atoms with Crippen molar-refractivity contribution in [3.8, 4) is 0 Å². The minimum absolute atomic E-state index is 0.0659. The third-order valence-corrected chi connectivity index (χ3v) is 3.79. The van der Waals surface area contributed by atoms with E-state index in [9.17, 15) is 4.79 Å². The number of thiazole rings is 1. The van der Waals surface area contributed by atoms with E-state index in [1.807, 2.05) is 0 Å². The van der Waals surface area contributed by atoms with Gasteiger partial charge in [-0.05, 0) is 0 Å². The van der Waals surface area contributed by atoms with Crippen molar-refractivity contribution in [3.63, 3.8) is 0 Å². The Kier molecular flexibility index (Phi) is 3.32. The molecule has 5 nitrogen and oxygen atoms in total. The van der Waals surface area contributed by atoms with Gasteiger partial charge in [0.2, 0.25) is 0 Å². The van der Waals surface area contributed by atoms with Gasteiger partial charge in [-0.1, -0.05) is 11.6 Å². The molecular formula is C9H11ClN2O3S. The van der Waals surface area contributed by atoms with Crippen LogP contribution in [-0.4, -0.2) is 41.9 Å². The number of ether oxygens (including phenoxy) is 1. The van der Waals surface area contributed by atoms with Gasteiger partial charge in [0.05, 0.1) is 6.10 Å². The lowest BCUT2D eigenvalue weighted by atomic mass is 10.2. The quantitative estimate of drug-likeness (QED) is 0.894. The highest BCUT2D eigenvalue weighted by Crippen LogP contribution is 2.31. The number of anilines is 1. The van der Waals surface area contributed by atoms with E-state index < -0.39 is 12.0 Å². The van der Waals surface area contributed by atoms with Crippen LogP contribution in [0.15, 0.2) is 5.38 Å². The summed E-state index contributed by atoms with van der Waals surface area (Å²) in [5.74, 6) is -0.856. The first-order valence-corrected chi connectivity index (χ1v) is 6.01. The predicted octanol–water partition coefficient (Wildman–Crippen LogP) is 1.47. The van der Waals surface area contributed by atoms with Crippen LogP contribution in [0.3, 0.4) is 0 Å². The second-order valence-corrected chi connectivity index (χ2v) is 4.78. The number of aliphatic carboxylic acids is 1. The first-order valence-electron chi connectivity index (χ1n) is 4.75. The van der Waals surface area contributed by atoms with E-state index in [1.54, 1.807) is 17.4 Å². The Morgan fingerprint density at radius 2 is 2.56 bits per heavy atom. The van der Waals surface area contributed by atoms with E-state index in [2.05, 4.69) is 4.98 Å². The topological polar surface area (TPSA) is 62.7 Å². The van der Waals surface area contributed by atoms with Crippen molar-refractivity contribution >= 4 is 34.0 Å². The number of carbonyl (C=O) groups is 1. The fourth-order valence-electron chi connectivity index (χ4n) is 1.79. The minimum atomic E-state index is -0.856. The normalized spacial score (nSPS) is 25.0. The molecule has 16 heavy (non-hydrogen) atoms. The largest absolute Gasteiger partial charge is 0.480 e. The monoisotopic (exact) mass is 262 g/mol. The van der Waals surface area contributed by atoms with Gasteiger partial charge in [0.1, 0.15) is 11.2 Å². The molecular weight excluding hydrogens is 252 g/mol. The summed E-state index contributed by atoms with van der Waals surface area (Å²) in [5, 5.41) is 11.8. The maximum atomic E-state index is 11.1. The Bertz CT molecular complexity index is 398.